The van der Waals surface area contributed by atoms with Gasteiger partial charge < -0.3 is 4.42 Å². The Labute approximate surface area is 109 Å². The van der Waals surface area contributed by atoms with Crippen molar-refractivity contribution < 1.29 is 9.21 Å². The second-order valence-corrected chi connectivity index (χ2v) is 5.86. The summed E-state index contributed by atoms with van der Waals surface area (Å²) in [6, 6.07) is 3.62. The fourth-order valence-electron chi connectivity index (χ4n) is 2.34. The Morgan fingerprint density at radius 1 is 1.22 bits per heavy atom. The number of hydrogen-bond donors (Lipinski definition) is 0. The molecule has 0 saturated carbocycles. The molecular formula is C14H22N2O2. The lowest BCUT2D eigenvalue weighted by atomic mass is 10.1. The number of carbonyl (C=O) groups excluding carboxylic acids is 1. The number of piperazine rings is 1. The molecule has 0 unspecified atom stereocenters. The van der Waals surface area contributed by atoms with E-state index in [0.29, 0.717) is 5.76 Å². The van der Waals surface area contributed by atoms with Crippen molar-refractivity contribution in [3.63, 3.8) is 0 Å². The van der Waals surface area contributed by atoms with Crippen LogP contribution in [0, 0.1) is 0 Å². The van der Waals surface area contributed by atoms with Gasteiger partial charge in [-0.25, -0.2) is 0 Å². The van der Waals surface area contributed by atoms with Crippen LogP contribution in [0.3, 0.4) is 0 Å². The average Bonchev–Trinajstić information content (AvgIpc) is 2.76. The van der Waals surface area contributed by atoms with Gasteiger partial charge in [0.15, 0.2) is 12.0 Å². The highest BCUT2D eigenvalue weighted by Gasteiger charge is 2.25. The highest BCUT2D eigenvalue weighted by molar-refractivity contribution is 5.70. The fourth-order valence-corrected chi connectivity index (χ4v) is 2.34. The Balaban J connectivity index is 1.85. The molecule has 0 bridgehead atoms. The summed E-state index contributed by atoms with van der Waals surface area (Å²) in [7, 11) is 0. The molecule has 1 aromatic heterocycles. The van der Waals surface area contributed by atoms with Gasteiger partial charge in [0.05, 0.1) is 6.54 Å². The first-order valence-electron chi connectivity index (χ1n) is 6.50. The summed E-state index contributed by atoms with van der Waals surface area (Å²) in [5.41, 5.74) is 0.251. The second-order valence-electron chi connectivity index (χ2n) is 5.86. The third kappa shape index (κ3) is 3.21. The van der Waals surface area contributed by atoms with Crippen LogP contribution in [-0.4, -0.2) is 47.8 Å². The summed E-state index contributed by atoms with van der Waals surface area (Å²) in [5.74, 6) is 1.29. The summed E-state index contributed by atoms with van der Waals surface area (Å²) in [5, 5.41) is 0. The van der Waals surface area contributed by atoms with E-state index in [1.807, 2.05) is 6.07 Å². The van der Waals surface area contributed by atoms with Gasteiger partial charge in [-0.05, 0) is 32.9 Å². The Morgan fingerprint density at radius 3 is 2.39 bits per heavy atom. The molecule has 4 nitrogen and oxygen atoms in total. The third-order valence-electron chi connectivity index (χ3n) is 3.50. The number of nitrogens with zero attached hydrogens (tertiary/aromatic N) is 2. The van der Waals surface area contributed by atoms with Crippen LogP contribution >= 0.6 is 0 Å². The number of carbonyl (C=O) groups is 1. The monoisotopic (exact) mass is 250 g/mol. The molecule has 18 heavy (non-hydrogen) atoms. The minimum atomic E-state index is 0.251. The molecule has 2 rings (SSSR count). The Hall–Kier alpha value is -1.13. The predicted octanol–water partition coefficient (Wildman–Crippen LogP) is 2.01. The molecule has 4 heteroatoms. The maximum Gasteiger partial charge on any atom is 0.185 e. The van der Waals surface area contributed by atoms with Crippen LogP contribution in [0.15, 0.2) is 16.5 Å². The van der Waals surface area contributed by atoms with Crippen molar-refractivity contribution in [2.24, 2.45) is 0 Å². The van der Waals surface area contributed by atoms with E-state index in [1.54, 1.807) is 6.07 Å². The van der Waals surface area contributed by atoms with Crippen LogP contribution in [0.5, 0.6) is 0 Å². The van der Waals surface area contributed by atoms with Crippen LogP contribution in [0.4, 0.5) is 0 Å². The predicted molar refractivity (Wildman–Crippen MR) is 70.7 cm³/mol. The fraction of sp³-hybridized carbons (Fsp3) is 0.643. The van der Waals surface area contributed by atoms with E-state index in [0.717, 1.165) is 44.8 Å². The van der Waals surface area contributed by atoms with E-state index in [9.17, 15) is 4.79 Å². The molecule has 0 spiro atoms. The molecule has 0 amide bonds. The van der Waals surface area contributed by atoms with Crippen molar-refractivity contribution in [2.45, 2.75) is 32.9 Å². The molecule has 0 radical (unpaired) electrons. The van der Waals surface area contributed by atoms with E-state index >= 15 is 0 Å². The average molecular weight is 250 g/mol. The van der Waals surface area contributed by atoms with Gasteiger partial charge in [0.1, 0.15) is 5.76 Å². The molecule has 1 aromatic rings. The van der Waals surface area contributed by atoms with Crippen LogP contribution in [0.2, 0.25) is 0 Å². The second kappa shape index (κ2) is 5.24. The molecule has 100 valence electrons. The number of aldehydes is 1. The molecule has 0 aromatic carbocycles. The van der Waals surface area contributed by atoms with Gasteiger partial charge in [-0.3, -0.25) is 14.6 Å². The molecule has 1 saturated heterocycles. The summed E-state index contributed by atoms with van der Waals surface area (Å²) >= 11 is 0. The topological polar surface area (TPSA) is 36.7 Å². The molecule has 0 N–H and O–H groups in total. The third-order valence-corrected chi connectivity index (χ3v) is 3.50. The van der Waals surface area contributed by atoms with Gasteiger partial charge in [0.25, 0.3) is 0 Å². The van der Waals surface area contributed by atoms with Crippen molar-refractivity contribution in [3.8, 4) is 0 Å². The van der Waals surface area contributed by atoms with Crippen LogP contribution in [0.25, 0.3) is 0 Å². The lowest BCUT2D eigenvalue weighted by molar-refractivity contribution is 0.0561. The highest BCUT2D eigenvalue weighted by atomic mass is 16.3. The lowest BCUT2D eigenvalue weighted by Gasteiger charge is -2.42. The van der Waals surface area contributed by atoms with Crippen molar-refractivity contribution in [1.29, 1.82) is 0 Å². The maximum atomic E-state index is 10.6. The quantitative estimate of drug-likeness (QED) is 0.769. The zero-order chi connectivity index (χ0) is 13.2. The largest absolute Gasteiger partial charge is 0.457 e. The molecule has 2 heterocycles. The van der Waals surface area contributed by atoms with Gasteiger partial charge in [-0.2, -0.15) is 0 Å². The Morgan fingerprint density at radius 2 is 1.89 bits per heavy atom. The first kappa shape index (κ1) is 13.3. The van der Waals surface area contributed by atoms with Gasteiger partial charge >= 0.3 is 0 Å². The lowest BCUT2D eigenvalue weighted by Crippen LogP contribution is -2.53. The standard InChI is InChI=1S/C14H22N2O2/c1-14(2,3)16-8-6-15(7-9-16)10-12-4-5-13(11-17)18-12/h4-5,11H,6-10H2,1-3H3. The number of hydrogen-bond acceptors (Lipinski definition) is 4. The number of furan rings is 1. The van der Waals surface area contributed by atoms with Crippen LogP contribution in [-0.2, 0) is 6.54 Å². The van der Waals surface area contributed by atoms with Crippen LogP contribution < -0.4 is 0 Å². The van der Waals surface area contributed by atoms with Crippen molar-refractivity contribution >= 4 is 6.29 Å². The summed E-state index contributed by atoms with van der Waals surface area (Å²) < 4.78 is 5.41. The van der Waals surface area contributed by atoms with Gasteiger partial charge in [0, 0.05) is 31.7 Å². The SMILES string of the molecule is CC(C)(C)N1CCN(Cc2ccc(C=O)o2)CC1. The highest BCUT2D eigenvalue weighted by Crippen LogP contribution is 2.17. The Kier molecular flexibility index (Phi) is 3.88. The summed E-state index contributed by atoms with van der Waals surface area (Å²) in [6.45, 7) is 11.8. The molecule has 1 aliphatic heterocycles. The summed E-state index contributed by atoms with van der Waals surface area (Å²) in [4.78, 5) is 15.4. The van der Waals surface area contributed by atoms with E-state index in [-0.39, 0.29) is 5.54 Å². The minimum Gasteiger partial charge on any atom is -0.457 e. The van der Waals surface area contributed by atoms with E-state index < -0.39 is 0 Å². The first-order valence-corrected chi connectivity index (χ1v) is 6.50. The maximum absolute atomic E-state index is 10.6. The van der Waals surface area contributed by atoms with Crippen LogP contribution in [0.1, 0.15) is 37.1 Å². The van der Waals surface area contributed by atoms with E-state index in [4.69, 9.17) is 4.42 Å². The van der Waals surface area contributed by atoms with Crippen molar-refractivity contribution in [1.82, 2.24) is 9.80 Å². The van der Waals surface area contributed by atoms with Crippen molar-refractivity contribution in [3.05, 3.63) is 23.7 Å². The van der Waals surface area contributed by atoms with Gasteiger partial charge in [-0.1, -0.05) is 0 Å². The molecular weight excluding hydrogens is 228 g/mol. The normalized spacial score (nSPS) is 19.1. The smallest absolute Gasteiger partial charge is 0.185 e. The number of rotatable bonds is 3. The van der Waals surface area contributed by atoms with E-state index in [2.05, 4.69) is 30.6 Å². The van der Waals surface area contributed by atoms with E-state index in [1.165, 1.54) is 0 Å². The minimum absolute atomic E-state index is 0.251. The summed E-state index contributed by atoms with van der Waals surface area (Å²) in [6.07, 6.45) is 0.751. The van der Waals surface area contributed by atoms with Gasteiger partial charge in [-0.15, -0.1) is 0 Å². The zero-order valence-electron chi connectivity index (χ0n) is 11.5. The van der Waals surface area contributed by atoms with Gasteiger partial charge in [0.2, 0.25) is 0 Å². The Bertz CT molecular complexity index is 398. The molecule has 1 fully saturated rings. The van der Waals surface area contributed by atoms with Crippen molar-refractivity contribution in [2.75, 3.05) is 26.2 Å². The molecule has 1 aliphatic rings. The zero-order valence-corrected chi connectivity index (χ0v) is 11.5. The molecule has 0 atom stereocenters. The first-order chi connectivity index (χ1) is 8.49. The molecule has 0 aliphatic carbocycles.